The van der Waals surface area contributed by atoms with Gasteiger partial charge in [0.1, 0.15) is 5.82 Å². The number of nitrogens with zero attached hydrogens (tertiary/aromatic N) is 2. The van der Waals surface area contributed by atoms with Crippen molar-refractivity contribution in [1.82, 2.24) is 10.3 Å². The number of pyridine rings is 1. The first-order valence-corrected chi connectivity index (χ1v) is 7.10. The Hall–Kier alpha value is -1.78. The molecule has 2 aliphatic rings. The quantitative estimate of drug-likeness (QED) is 0.877. The highest BCUT2D eigenvalue weighted by Gasteiger charge is 2.23. The van der Waals surface area contributed by atoms with Crippen molar-refractivity contribution >= 4 is 17.5 Å². The minimum absolute atomic E-state index is 0.130. The zero-order valence-electron chi connectivity index (χ0n) is 11.1. The molecule has 5 nitrogen and oxygen atoms in total. The van der Waals surface area contributed by atoms with Gasteiger partial charge in [0, 0.05) is 19.1 Å². The fourth-order valence-corrected chi connectivity index (χ4v) is 2.35. The molecule has 0 bridgehead atoms. The summed E-state index contributed by atoms with van der Waals surface area (Å²) in [7, 11) is 0. The van der Waals surface area contributed by atoms with Gasteiger partial charge in [-0.1, -0.05) is 0 Å². The molecule has 0 aromatic carbocycles. The molecule has 1 aromatic rings. The zero-order chi connectivity index (χ0) is 13.1. The van der Waals surface area contributed by atoms with Gasteiger partial charge in [-0.2, -0.15) is 0 Å². The van der Waals surface area contributed by atoms with Crippen LogP contribution in [0.2, 0.25) is 0 Å². The van der Waals surface area contributed by atoms with E-state index in [2.05, 4.69) is 20.5 Å². The maximum atomic E-state index is 11.6. The Labute approximate surface area is 113 Å². The second-order valence-electron chi connectivity index (χ2n) is 5.33. The number of urea groups is 1. The van der Waals surface area contributed by atoms with Crippen LogP contribution in [0.4, 0.5) is 16.3 Å². The number of hydrogen-bond donors (Lipinski definition) is 2. The monoisotopic (exact) mass is 260 g/mol. The van der Waals surface area contributed by atoms with Crippen LogP contribution in [0, 0.1) is 0 Å². The normalized spacial score (nSPS) is 19.1. The van der Waals surface area contributed by atoms with Crippen LogP contribution in [0.3, 0.4) is 0 Å². The Morgan fingerprint density at radius 1 is 1.21 bits per heavy atom. The van der Waals surface area contributed by atoms with Crippen molar-refractivity contribution in [3.63, 3.8) is 0 Å². The Kier molecular flexibility index (Phi) is 3.53. The SMILES string of the molecule is O=C(Nc1ccc(N2CCCCC2)nc1)NC1CC1. The summed E-state index contributed by atoms with van der Waals surface area (Å²) in [6.07, 6.45) is 7.73. The van der Waals surface area contributed by atoms with Crippen LogP contribution in [0.15, 0.2) is 18.3 Å². The van der Waals surface area contributed by atoms with Gasteiger partial charge in [0.15, 0.2) is 0 Å². The molecule has 2 fully saturated rings. The third-order valence-corrected chi connectivity index (χ3v) is 3.60. The van der Waals surface area contributed by atoms with Gasteiger partial charge in [0.2, 0.25) is 0 Å². The number of hydrogen-bond acceptors (Lipinski definition) is 3. The van der Waals surface area contributed by atoms with E-state index in [4.69, 9.17) is 0 Å². The second-order valence-corrected chi connectivity index (χ2v) is 5.33. The van der Waals surface area contributed by atoms with Crippen molar-refractivity contribution in [2.45, 2.75) is 38.1 Å². The Bertz CT molecular complexity index is 435. The number of rotatable bonds is 3. The van der Waals surface area contributed by atoms with Crippen molar-refractivity contribution in [1.29, 1.82) is 0 Å². The number of aromatic nitrogens is 1. The molecule has 5 heteroatoms. The lowest BCUT2D eigenvalue weighted by atomic mass is 10.1. The Morgan fingerprint density at radius 2 is 2.00 bits per heavy atom. The van der Waals surface area contributed by atoms with E-state index in [0.29, 0.717) is 6.04 Å². The van der Waals surface area contributed by atoms with E-state index in [1.54, 1.807) is 6.20 Å². The molecule has 0 radical (unpaired) electrons. The first-order valence-electron chi connectivity index (χ1n) is 7.10. The van der Waals surface area contributed by atoms with Crippen LogP contribution in [-0.4, -0.2) is 30.1 Å². The molecule has 3 rings (SSSR count). The smallest absolute Gasteiger partial charge is 0.319 e. The molecule has 0 spiro atoms. The van der Waals surface area contributed by atoms with Gasteiger partial charge in [-0.05, 0) is 44.2 Å². The van der Waals surface area contributed by atoms with E-state index in [0.717, 1.165) is 37.4 Å². The highest BCUT2D eigenvalue weighted by atomic mass is 16.2. The van der Waals surface area contributed by atoms with Crippen LogP contribution in [0.1, 0.15) is 32.1 Å². The Morgan fingerprint density at radius 3 is 2.63 bits per heavy atom. The van der Waals surface area contributed by atoms with Gasteiger partial charge in [0.05, 0.1) is 11.9 Å². The fraction of sp³-hybridized carbons (Fsp3) is 0.571. The van der Waals surface area contributed by atoms with E-state index in [9.17, 15) is 4.79 Å². The van der Waals surface area contributed by atoms with Gasteiger partial charge in [-0.15, -0.1) is 0 Å². The maximum absolute atomic E-state index is 11.6. The number of piperidine rings is 1. The summed E-state index contributed by atoms with van der Waals surface area (Å²) in [5.74, 6) is 1.01. The topological polar surface area (TPSA) is 57.3 Å². The average molecular weight is 260 g/mol. The van der Waals surface area contributed by atoms with Crippen molar-refractivity contribution in [2.24, 2.45) is 0 Å². The van der Waals surface area contributed by atoms with Gasteiger partial charge in [-0.25, -0.2) is 9.78 Å². The van der Waals surface area contributed by atoms with E-state index in [-0.39, 0.29) is 6.03 Å². The van der Waals surface area contributed by atoms with Crippen LogP contribution in [0.5, 0.6) is 0 Å². The van der Waals surface area contributed by atoms with Gasteiger partial charge < -0.3 is 15.5 Å². The zero-order valence-corrected chi connectivity index (χ0v) is 11.1. The van der Waals surface area contributed by atoms with Gasteiger partial charge >= 0.3 is 6.03 Å². The molecule has 1 aromatic heterocycles. The van der Waals surface area contributed by atoms with E-state index >= 15 is 0 Å². The predicted molar refractivity (Wildman–Crippen MR) is 75.5 cm³/mol. The second kappa shape index (κ2) is 5.47. The fourth-order valence-electron chi connectivity index (χ4n) is 2.35. The molecule has 0 unspecified atom stereocenters. The molecule has 2 heterocycles. The van der Waals surface area contributed by atoms with Crippen molar-refractivity contribution in [3.05, 3.63) is 18.3 Å². The summed E-state index contributed by atoms with van der Waals surface area (Å²) in [5, 5.41) is 5.70. The number of anilines is 2. The predicted octanol–water partition coefficient (Wildman–Crippen LogP) is 2.36. The molecule has 1 saturated heterocycles. The first kappa shape index (κ1) is 12.3. The lowest BCUT2D eigenvalue weighted by molar-refractivity contribution is 0.251. The average Bonchev–Trinajstić information content (AvgIpc) is 3.24. The largest absolute Gasteiger partial charge is 0.357 e. The molecule has 2 N–H and O–H groups in total. The lowest BCUT2D eigenvalue weighted by Gasteiger charge is -2.27. The minimum Gasteiger partial charge on any atom is -0.357 e. The molecule has 1 saturated carbocycles. The van der Waals surface area contributed by atoms with Crippen molar-refractivity contribution < 1.29 is 4.79 Å². The molecular formula is C14H20N4O. The Balaban J connectivity index is 1.56. The van der Waals surface area contributed by atoms with Crippen LogP contribution in [0.25, 0.3) is 0 Å². The van der Waals surface area contributed by atoms with Crippen LogP contribution < -0.4 is 15.5 Å². The highest BCUT2D eigenvalue weighted by Crippen LogP contribution is 2.20. The van der Waals surface area contributed by atoms with Crippen molar-refractivity contribution in [2.75, 3.05) is 23.3 Å². The summed E-state index contributed by atoms with van der Waals surface area (Å²) >= 11 is 0. The standard InChI is InChI=1S/C14H20N4O/c19-14(16-11-4-5-11)17-12-6-7-13(15-10-12)18-8-2-1-3-9-18/h6-7,10-11H,1-5,8-9H2,(H2,16,17,19). The molecule has 1 aliphatic heterocycles. The molecule has 1 aliphatic carbocycles. The number of carbonyl (C=O) groups is 1. The van der Waals surface area contributed by atoms with Crippen LogP contribution >= 0.6 is 0 Å². The van der Waals surface area contributed by atoms with E-state index < -0.39 is 0 Å². The molecule has 19 heavy (non-hydrogen) atoms. The van der Waals surface area contributed by atoms with Gasteiger partial charge in [0.25, 0.3) is 0 Å². The first-order chi connectivity index (χ1) is 9.31. The third kappa shape index (κ3) is 3.36. The van der Waals surface area contributed by atoms with E-state index in [1.165, 1.54) is 19.3 Å². The maximum Gasteiger partial charge on any atom is 0.319 e. The number of amides is 2. The summed E-state index contributed by atoms with van der Waals surface area (Å²) in [4.78, 5) is 18.3. The number of nitrogens with one attached hydrogen (secondary N) is 2. The van der Waals surface area contributed by atoms with Gasteiger partial charge in [-0.3, -0.25) is 0 Å². The molecule has 2 amide bonds. The summed E-state index contributed by atoms with van der Waals surface area (Å²) < 4.78 is 0. The summed E-state index contributed by atoms with van der Waals surface area (Å²) in [6, 6.07) is 4.15. The van der Waals surface area contributed by atoms with Crippen molar-refractivity contribution in [3.8, 4) is 0 Å². The molecule has 0 atom stereocenters. The van der Waals surface area contributed by atoms with E-state index in [1.807, 2.05) is 12.1 Å². The minimum atomic E-state index is -0.130. The number of carbonyl (C=O) groups excluding carboxylic acids is 1. The third-order valence-electron chi connectivity index (χ3n) is 3.60. The molecule has 102 valence electrons. The summed E-state index contributed by atoms with van der Waals surface area (Å²) in [6.45, 7) is 2.17. The lowest BCUT2D eigenvalue weighted by Crippen LogP contribution is -2.31. The highest BCUT2D eigenvalue weighted by molar-refractivity contribution is 5.89. The summed E-state index contributed by atoms with van der Waals surface area (Å²) in [5.41, 5.74) is 0.749. The molecular weight excluding hydrogens is 240 g/mol. The van der Waals surface area contributed by atoms with Crippen LogP contribution in [-0.2, 0) is 0 Å².